The third kappa shape index (κ3) is 9.45. The largest absolute Gasteiger partial charge is 0.477 e. The van der Waals surface area contributed by atoms with E-state index in [1.165, 1.54) is 17.7 Å². The molecular formula is C44H33N3O4. The first-order valence-corrected chi connectivity index (χ1v) is 16.0. The second-order valence-electron chi connectivity index (χ2n) is 11.6. The molecule has 1 N–H and O–H groups in total. The van der Waals surface area contributed by atoms with E-state index in [-0.39, 0.29) is 17.8 Å². The summed E-state index contributed by atoms with van der Waals surface area (Å²) < 4.78 is 4.65. The number of carbonyl (C=O) groups excluding carboxylic acids is 1. The lowest BCUT2D eigenvalue weighted by Gasteiger charge is -2.27. The first kappa shape index (κ1) is 35.1. The number of allylic oxidation sites excluding steroid dienone is 1. The molecule has 51 heavy (non-hydrogen) atoms. The Hall–Kier alpha value is -7.22. The van der Waals surface area contributed by atoms with E-state index in [0.717, 1.165) is 50.4 Å². The van der Waals surface area contributed by atoms with Gasteiger partial charge in [0.05, 0.1) is 0 Å². The zero-order valence-corrected chi connectivity index (χ0v) is 28.0. The van der Waals surface area contributed by atoms with Crippen LogP contribution < -0.4 is 4.90 Å². The van der Waals surface area contributed by atoms with Crippen LogP contribution in [0.5, 0.6) is 0 Å². The van der Waals surface area contributed by atoms with Crippen molar-refractivity contribution in [3.63, 3.8) is 0 Å². The summed E-state index contributed by atoms with van der Waals surface area (Å²) in [7, 11) is 0. The van der Waals surface area contributed by atoms with Crippen LogP contribution in [0.1, 0.15) is 44.5 Å². The molecule has 0 aliphatic rings. The van der Waals surface area contributed by atoms with E-state index in [2.05, 4.69) is 90.2 Å². The second kappa shape index (κ2) is 16.7. The van der Waals surface area contributed by atoms with Crippen molar-refractivity contribution in [3.05, 3.63) is 171 Å². The number of hydrogen-bond acceptors (Lipinski definition) is 6. The van der Waals surface area contributed by atoms with Crippen molar-refractivity contribution < 1.29 is 19.4 Å². The first-order chi connectivity index (χ1) is 24.8. The minimum absolute atomic E-state index is 0.0675. The Balaban J connectivity index is 1.34. The molecular weight excluding hydrogens is 635 g/mol. The van der Waals surface area contributed by atoms with Crippen LogP contribution in [0.4, 0.5) is 17.1 Å². The van der Waals surface area contributed by atoms with Crippen molar-refractivity contribution in [2.45, 2.75) is 13.8 Å². The standard InChI is InChI=1S/C44H33N3O4/c1-31-3-24-43(32(2)25-31)47(40-20-16-35(17-21-40)6-4-33-8-12-37(13-9-33)26-39(28-45)44(49)50)41-22-18-36(19-23-41)7-5-34-10-14-38(15-11-34)27-42(29-46)51-30-48/h3-27,30H,1-2H3,(H,49,50)/b6-4+,7-5?,39-26+,42-27?. The number of benzene rings is 5. The second-order valence-corrected chi connectivity index (χ2v) is 11.6. The molecule has 0 fully saturated rings. The monoisotopic (exact) mass is 667 g/mol. The lowest BCUT2D eigenvalue weighted by Crippen LogP contribution is -2.11. The number of nitrogens with zero attached hydrogens (tertiary/aromatic N) is 3. The molecule has 0 aliphatic heterocycles. The van der Waals surface area contributed by atoms with Crippen LogP contribution in [0, 0.1) is 36.5 Å². The predicted molar refractivity (Wildman–Crippen MR) is 203 cm³/mol. The van der Waals surface area contributed by atoms with Gasteiger partial charge in [0.2, 0.25) is 5.76 Å². The Bertz CT molecular complexity index is 2230. The molecule has 0 saturated carbocycles. The highest BCUT2D eigenvalue weighted by Crippen LogP contribution is 2.37. The van der Waals surface area contributed by atoms with E-state index in [0.29, 0.717) is 5.56 Å². The molecule has 0 radical (unpaired) electrons. The fourth-order valence-corrected chi connectivity index (χ4v) is 5.35. The Labute approximate surface area is 297 Å². The summed E-state index contributed by atoms with van der Waals surface area (Å²) in [6.07, 6.45) is 10.9. The average Bonchev–Trinajstić information content (AvgIpc) is 3.14. The van der Waals surface area contributed by atoms with E-state index in [1.807, 2.05) is 66.8 Å². The summed E-state index contributed by atoms with van der Waals surface area (Å²) in [5, 5.41) is 27.2. The summed E-state index contributed by atoms with van der Waals surface area (Å²) in [4.78, 5) is 23.9. The molecule has 5 aromatic rings. The average molecular weight is 668 g/mol. The highest BCUT2D eigenvalue weighted by atomic mass is 16.5. The van der Waals surface area contributed by atoms with Crippen LogP contribution in [-0.4, -0.2) is 17.5 Å². The van der Waals surface area contributed by atoms with Gasteiger partial charge in [-0.15, -0.1) is 0 Å². The van der Waals surface area contributed by atoms with Gasteiger partial charge in [-0.3, -0.25) is 4.79 Å². The molecule has 0 atom stereocenters. The van der Waals surface area contributed by atoms with Crippen molar-refractivity contribution >= 4 is 66.0 Å². The molecule has 7 heteroatoms. The first-order valence-electron chi connectivity index (χ1n) is 16.0. The highest BCUT2D eigenvalue weighted by molar-refractivity contribution is 5.96. The van der Waals surface area contributed by atoms with Crippen LogP contribution in [0.15, 0.2) is 127 Å². The minimum atomic E-state index is -1.25. The smallest absolute Gasteiger partial charge is 0.346 e. The van der Waals surface area contributed by atoms with Gasteiger partial charge in [-0.25, -0.2) is 4.79 Å². The van der Waals surface area contributed by atoms with Gasteiger partial charge >= 0.3 is 5.97 Å². The van der Waals surface area contributed by atoms with Crippen LogP contribution in [0.2, 0.25) is 0 Å². The van der Waals surface area contributed by atoms with E-state index >= 15 is 0 Å². The van der Waals surface area contributed by atoms with Gasteiger partial charge < -0.3 is 14.7 Å². The lowest BCUT2D eigenvalue weighted by atomic mass is 10.1. The molecule has 0 unspecified atom stereocenters. The number of aliphatic carboxylic acids is 1. The number of ether oxygens (including phenoxy) is 1. The molecule has 0 saturated heterocycles. The van der Waals surface area contributed by atoms with Gasteiger partial charge in [0, 0.05) is 17.1 Å². The molecule has 7 nitrogen and oxygen atoms in total. The third-order valence-corrected chi connectivity index (χ3v) is 7.95. The number of carboxylic acid groups (broad SMARTS) is 1. The number of carbonyl (C=O) groups is 2. The lowest BCUT2D eigenvalue weighted by molar-refractivity contribution is -0.132. The van der Waals surface area contributed by atoms with Crippen molar-refractivity contribution in [2.75, 3.05) is 4.90 Å². The maximum absolute atomic E-state index is 11.1. The Kier molecular flexibility index (Phi) is 11.5. The zero-order valence-electron chi connectivity index (χ0n) is 28.0. The summed E-state index contributed by atoms with van der Waals surface area (Å²) in [6, 6.07) is 41.6. The quantitative estimate of drug-likeness (QED) is 0.0463. The molecule has 0 amide bonds. The van der Waals surface area contributed by atoms with E-state index in [4.69, 9.17) is 15.6 Å². The normalized spacial score (nSPS) is 11.6. The number of hydrogen-bond donors (Lipinski definition) is 1. The summed E-state index contributed by atoms with van der Waals surface area (Å²) in [5.41, 5.74) is 10.5. The fraction of sp³-hybridized carbons (Fsp3) is 0.0455. The number of carboxylic acids is 1. The predicted octanol–water partition coefficient (Wildman–Crippen LogP) is 10.1. The van der Waals surface area contributed by atoms with E-state index in [1.54, 1.807) is 18.2 Å². The minimum Gasteiger partial charge on any atom is -0.477 e. The third-order valence-electron chi connectivity index (χ3n) is 7.95. The van der Waals surface area contributed by atoms with Crippen LogP contribution >= 0.6 is 0 Å². The number of rotatable bonds is 12. The number of aryl methyl sites for hydroxylation is 2. The van der Waals surface area contributed by atoms with Crippen molar-refractivity contribution in [2.24, 2.45) is 0 Å². The fourth-order valence-electron chi connectivity index (χ4n) is 5.35. The highest BCUT2D eigenvalue weighted by Gasteiger charge is 2.15. The molecule has 5 aromatic carbocycles. The molecule has 0 heterocycles. The Morgan fingerprint density at radius 2 is 1.06 bits per heavy atom. The van der Waals surface area contributed by atoms with Gasteiger partial charge in [0.15, 0.2) is 0 Å². The molecule has 0 aromatic heterocycles. The van der Waals surface area contributed by atoms with Gasteiger partial charge in [-0.1, -0.05) is 115 Å². The maximum atomic E-state index is 11.1. The Morgan fingerprint density at radius 3 is 1.45 bits per heavy atom. The van der Waals surface area contributed by atoms with Crippen molar-refractivity contribution in [1.82, 2.24) is 0 Å². The van der Waals surface area contributed by atoms with Crippen LogP contribution in [0.3, 0.4) is 0 Å². The summed E-state index contributed by atoms with van der Waals surface area (Å²) in [5.74, 6) is -1.32. The van der Waals surface area contributed by atoms with Gasteiger partial charge in [-0.05, 0) is 95.3 Å². The molecule has 0 bridgehead atoms. The SMILES string of the molecule is Cc1ccc(N(c2ccc(C=Cc3ccc(C=C(C#N)OC=O)cc3)cc2)c2ccc(/C=C/c3ccc(/C=C(\C#N)C(=O)O)cc3)cc2)c(C)c1. The summed E-state index contributed by atoms with van der Waals surface area (Å²) in [6.45, 7) is 4.44. The van der Waals surface area contributed by atoms with Crippen LogP contribution in [0.25, 0.3) is 36.5 Å². The van der Waals surface area contributed by atoms with Gasteiger partial charge in [0.25, 0.3) is 6.47 Å². The topological polar surface area (TPSA) is 114 Å². The zero-order chi connectivity index (χ0) is 36.2. The van der Waals surface area contributed by atoms with E-state index < -0.39 is 5.97 Å². The van der Waals surface area contributed by atoms with Crippen molar-refractivity contribution in [3.8, 4) is 12.1 Å². The Morgan fingerprint density at radius 1 is 0.627 bits per heavy atom. The molecule has 0 aliphatic carbocycles. The van der Waals surface area contributed by atoms with Gasteiger partial charge in [0.1, 0.15) is 17.7 Å². The molecule has 5 rings (SSSR count). The van der Waals surface area contributed by atoms with Crippen LogP contribution in [-0.2, 0) is 14.3 Å². The van der Waals surface area contributed by atoms with Gasteiger partial charge in [-0.2, -0.15) is 10.5 Å². The summed E-state index contributed by atoms with van der Waals surface area (Å²) >= 11 is 0. The number of nitriles is 2. The van der Waals surface area contributed by atoms with Crippen molar-refractivity contribution in [1.29, 1.82) is 10.5 Å². The molecule has 0 spiro atoms. The maximum Gasteiger partial charge on any atom is 0.346 e. The van der Waals surface area contributed by atoms with E-state index in [9.17, 15) is 9.59 Å². The molecule has 248 valence electrons. The number of anilines is 3.